The zero-order valence-corrected chi connectivity index (χ0v) is 17.1. The molecule has 0 aliphatic carbocycles. The first-order chi connectivity index (χ1) is 13.7. The van der Waals surface area contributed by atoms with E-state index in [0.29, 0.717) is 6.10 Å². The van der Waals surface area contributed by atoms with E-state index < -0.39 is 0 Å². The van der Waals surface area contributed by atoms with Crippen LogP contribution < -0.4 is 4.74 Å². The van der Waals surface area contributed by atoms with Gasteiger partial charge in [0.25, 0.3) is 0 Å². The Hall–Kier alpha value is -2.31. The quantitative estimate of drug-likeness (QED) is 0.555. The molecule has 3 aromatic rings. The van der Waals surface area contributed by atoms with E-state index in [0.717, 1.165) is 46.8 Å². The van der Waals surface area contributed by atoms with E-state index in [1.807, 2.05) is 24.3 Å². The molecule has 2 heterocycles. The molecule has 1 aromatic heterocycles. The Balaban J connectivity index is 1.67. The average molecular weight is 396 g/mol. The molecule has 0 N–H and O–H groups in total. The fourth-order valence-electron chi connectivity index (χ4n) is 3.32. The monoisotopic (exact) mass is 395 g/mol. The highest BCUT2D eigenvalue weighted by molar-refractivity contribution is 7.99. The Morgan fingerprint density at radius 2 is 1.86 bits per heavy atom. The molecule has 0 amide bonds. The van der Waals surface area contributed by atoms with E-state index in [-0.39, 0.29) is 0 Å². The Bertz CT molecular complexity index is 901. The van der Waals surface area contributed by atoms with Crippen molar-refractivity contribution < 1.29 is 9.47 Å². The summed E-state index contributed by atoms with van der Waals surface area (Å²) >= 11 is 1.72. The van der Waals surface area contributed by atoms with E-state index in [9.17, 15) is 0 Å². The summed E-state index contributed by atoms with van der Waals surface area (Å²) < 4.78 is 13.3. The zero-order valence-electron chi connectivity index (χ0n) is 16.3. The van der Waals surface area contributed by atoms with Crippen molar-refractivity contribution in [2.24, 2.45) is 0 Å². The van der Waals surface area contributed by atoms with Gasteiger partial charge >= 0.3 is 0 Å². The second-order valence-corrected chi connectivity index (χ2v) is 7.99. The maximum Gasteiger partial charge on any atom is 0.196 e. The maximum atomic E-state index is 5.89. The van der Waals surface area contributed by atoms with Crippen LogP contribution in [0.25, 0.3) is 17.1 Å². The van der Waals surface area contributed by atoms with Crippen LogP contribution in [0.5, 0.6) is 5.75 Å². The molecule has 5 nitrogen and oxygen atoms in total. The predicted molar refractivity (Wildman–Crippen MR) is 112 cm³/mol. The molecule has 1 atom stereocenters. The number of aryl methyl sites for hydroxylation is 1. The highest BCUT2D eigenvalue weighted by Crippen LogP contribution is 2.30. The number of ether oxygens (including phenoxy) is 2. The van der Waals surface area contributed by atoms with Gasteiger partial charge in [-0.2, -0.15) is 0 Å². The first-order valence-corrected chi connectivity index (χ1v) is 10.6. The Morgan fingerprint density at radius 1 is 1.07 bits per heavy atom. The van der Waals surface area contributed by atoms with Crippen LogP contribution in [0.3, 0.4) is 0 Å². The highest BCUT2D eigenvalue weighted by atomic mass is 32.2. The number of benzene rings is 2. The van der Waals surface area contributed by atoms with Crippen molar-refractivity contribution in [3.05, 3.63) is 54.1 Å². The van der Waals surface area contributed by atoms with E-state index in [1.165, 1.54) is 18.4 Å². The van der Waals surface area contributed by atoms with Crippen molar-refractivity contribution in [2.75, 3.05) is 19.5 Å². The maximum absolute atomic E-state index is 5.89. The molecule has 1 aliphatic rings. The minimum atomic E-state index is 0.298. The van der Waals surface area contributed by atoms with Gasteiger partial charge in [0.1, 0.15) is 5.75 Å². The van der Waals surface area contributed by atoms with Gasteiger partial charge < -0.3 is 9.47 Å². The van der Waals surface area contributed by atoms with Gasteiger partial charge in [-0.05, 0) is 62.6 Å². The van der Waals surface area contributed by atoms with Crippen LogP contribution >= 0.6 is 11.8 Å². The first kappa shape index (κ1) is 19.0. The molecule has 4 rings (SSSR count). The Labute approximate surface area is 170 Å². The number of methoxy groups -OCH3 is 1. The molecular weight excluding hydrogens is 370 g/mol. The number of aromatic nitrogens is 3. The van der Waals surface area contributed by atoms with Crippen LogP contribution in [0.4, 0.5) is 0 Å². The lowest BCUT2D eigenvalue weighted by atomic mass is 10.1. The van der Waals surface area contributed by atoms with Gasteiger partial charge in [-0.1, -0.05) is 29.5 Å². The van der Waals surface area contributed by atoms with Gasteiger partial charge in [0.2, 0.25) is 0 Å². The summed E-state index contributed by atoms with van der Waals surface area (Å²) in [7, 11) is 1.67. The standard InChI is InChI=1S/C22H25N3O2S/c1-16-6-10-18(11-7-16)25-21(17-8-12-19(26-2)13-9-17)23-24-22(25)28-15-20-5-3-4-14-27-20/h6-13,20H,3-5,14-15H2,1-2H3. The molecular formula is C22H25N3O2S. The van der Waals surface area contributed by atoms with Crippen LogP contribution in [0.2, 0.25) is 0 Å². The summed E-state index contributed by atoms with van der Waals surface area (Å²) in [5.41, 5.74) is 3.30. The largest absolute Gasteiger partial charge is 0.497 e. The normalized spacial score (nSPS) is 16.9. The van der Waals surface area contributed by atoms with Crippen molar-refractivity contribution >= 4 is 11.8 Å². The number of thioether (sulfide) groups is 1. The molecule has 6 heteroatoms. The second-order valence-electron chi connectivity index (χ2n) is 7.01. The van der Waals surface area contributed by atoms with E-state index in [1.54, 1.807) is 18.9 Å². The number of rotatable bonds is 6. The van der Waals surface area contributed by atoms with Crippen LogP contribution in [0.15, 0.2) is 53.7 Å². The summed E-state index contributed by atoms with van der Waals surface area (Å²) in [6.45, 7) is 2.96. The third kappa shape index (κ3) is 4.23. The van der Waals surface area contributed by atoms with E-state index >= 15 is 0 Å². The fourth-order valence-corrected chi connectivity index (χ4v) is 4.34. The summed E-state index contributed by atoms with van der Waals surface area (Å²) in [4.78, 5) is 0. The van der Waals surface area contributed by atoms with E-state index in [4.69, 9.17) is 9.47 Å². The third-order valence-electron chi connectivity index (χ3n) is 4.95. The molecule has 1 aliphatic heterocycles. The summed E-state index contributed by atoms with van der Waals surface area (Å²) in [5.74, 6) is 2.56. The molecule has 1 saturated heterocycles. The van der Waals surface area contributed by atoms with Crippen LogP contribution in [0.1, 0.15) is 24.8 Å². The molecule has 0 bridgehead atoms. The summed E-state index contributed by atoms with van der Waals surface area (Å²) in [6, 6.07) is 16.4. The van der Waals surface area contributed by atoms with Crippen LogP contribution in [-0.2, 0) is 4.74 Å². The zero-order chi connectivity index (χ0) is 19.3. The van der Waals surface area contributed by atoms with Gasteiger partial charge in [-0.3, -0.25) is 4.57 Å². The lowest BCUT2D eigenvalue weighted by molar-refractivity contribution is 0.0315. The second kappa shape index (κ2) is 8.80. The molecule has 0 radical (unpaired) electrons. The van der Waals surface area contributed by atoms with Gasteiger partial charge in [0, 0.05) is 23.6 Å². The minimum Gasteiger partial charge on any atom is -0.497 e. The van der Waals surface area contributed by atoms with Crippen molar-refractivity contribution in [3.63, 3.8) is 0 Å². The highest BCUT2D eigenvalue weighted by Gasteiger charge is 2.19. The Morgan fingerprint density at radius 3 is 2.54 bits per heavy atom. The fraction of sp³-hybridized carbons (Fsp3) is 0.364. The van der Waals surface area contributed by atoms with Gasteiger partial charge in [0.15, 0.2) is 11.0 Å². The molecule has 0 saturated carbocycles. The van der Waals surface area contributed by atoms with Crippen molar-refractivity contribution in [2.45, 2.75) is 37.4 Å². The van der Waals surface area contributed by atoms with Crippen LogP contribution in [-0.4, -0.2) is 40.3 Å². The lowest BCUT2D eigenvalue weighted by Gasteiger charge is -2.22. The van der Waals surface area contributed by atoms with Crippen molar-refractivity contribution in [1.82, 2.24) is 14.8 Å². The molecule has 146 valence electrons. The van der Waals surface area contributed by atoms with Gasteiger partial charge in [0.05, 0.1) is 13.2 Å². The average Bonchev–Trinajstić information content (AvgIpc) is 3.17. The summed E-state index contributed by atoms with van der Waals surface area (Å²) in [6.07, 6.45) is 3.83. The molecule has 1 fully saturated rings. The predicted octanol–water partition coefficient (Wildman–Crippen LogP) is 4.91. The molecule has 2 aromatic carbocycles. The van der Waals surface area contributed by atoms with Gasteiger partial charge in [-0.25, -0.2) is 0 Å². The molecule has 0 spiro atoms. The minimum absolute atomic E-state index is 0.298. The molecule has 1 unspecified atom stereocenters. The molecule has 28 heavy (non-hydrogen) atoms. The SMILES string of the molecule is COc1ccc(-c2nnc(SCC3CCCCO3)n2-c2ccc(C)cc2)cc1. The number of hydrogen-bond donors (Lipinski definition) is 0. The number of hydrogen-bond acceptors (Lipinski definition) is 5. The third-order valence-corrected chi connectivity index (χ3v) is 6.01. The first-order valence-electron chi connectivity index (χ1n) is 9.66. The summed E-state index contributed by atoms with van der Waals surface area (Å²) in [5, 5.41) is 9.91. The topological polar surface area (TPSA) is 49.2 Å². The van der Waals surface area contributed by atoms with Crippen molar-refractivity contribution in [1.29, 1.82) is 0 Å². The number of nitrogens with zero attached hydrogens (tertiary/aromatic N) is 3. The Kier molecular flexibility index (Phi) is 5.98. The van der Waals surface area contributed by atoms with E-state index in [2.05, 4.69) is 46.0 Å². The van der Waals surface area contributed by atoms with Gasteiger partial charge in [-0.15, -0.1) is 10.2 Å². The lowest BCUT2D eigenvalue weighted by Crippen LogP contribution is -2.21. The smallest absolute Gasteiger partial charge is 0.196 e. The van der Waals surface area contributed by atoms with Crippen molar-refractivity contribution in [3.8, 4) is 22.8 Å². The van der Waals surface area contributed by atoms with Crippen LogP contribution in [0, 0.1) is 6.92 Å².